The monoisotopic (exact) mass is 315 g/mol. The number of nitrogens with one attached hydrogen (secondary N) is 1. The van der Waals surface area contributed by atoms with Crippen LogP contribution in [0, 0.1) is 13.8 Å². The Kier molecular flexibility index (Phi) is 4.24. The lowest BCUT2D eigenvalue weighted by Crippen LogP contribution is -2.13. The minimum Gasteiger partial charge on any atom is -0.454 e. The maximum atomic E-state index is 12.0. The third-order valence-corrected chi connectivity index (χ3v) is 4.50. The first-order valence-corrected chi connectivity index (χ1v) is 8.00. The number of anilines is 1. The molecule has 0 unspecified atom stereocenters. The molecule has 3 rings (SSSR count). The topological polar surface area (TPSA) is 47.6 Å². The van der Waals surface area contributed by atoms with E-state index < -0.39 is 0 Å². The first-order valence-electron chi connectivity index (χ1n) is 7.01. The van der Waals surface area contributed by atoms with Crippen molar-refractivity contribution in [2.75, 3.05) is 17.9 Å². The van der Waals surface area contributed by atoms with Crippen LogP contribution in [-0.2, 0) is 4.79 Å². The normalized spacial score (nSPS) is 12.3. The first-order chi connectivity index (χ1) is 10.6. The van der Waals surface area contributed by atoms with Gasteiger partial charge >= 0.3 is 0 Å². The summed E-state index contributed by atoms with van der Waals surface area (Å²) in [5, 5.41) is 2.87. The molecule has 0 spiro atoms. The number of aryl methyl sites for hydroxylation is 2. The Labute approximate surface area is 133 Å². The van der Waals surface area contributed by atoms with Crippen molar-refractivity contribution in [1.82, 2.24) is 0 Å². The van der Waals surface area contributed by atoms with E-state index in [-0.39, 0.29) is 12.7 Å². The second-order valence-electron chi connectivity index (χ2n) is 5.15. The molecule has 0 bridgehead atoms. The second-order valence-corrected chi connectivity index (χ2v) is 6.20. The van der Waals surface area contributed by atoms with E-state index in [9.17, 15) is 4.79 Å². The van der Waals surface area contributed by atoms with Gasteiger partial charge < -0.3 is 14.8 Å². The summed E-state index contributed by atoms with van der Waals surface area (Å²) in [7, 11) is 0. The quantitative estimate of drug-likeness (QED) is 0.873. The van der Waals surface area contributed by atoms with E-state index in [0.717, 1.165) is 10.6 Å². The fourth-order valence-electron chi connectivity index (χ4n) is 2.12. The molecule has 1 heterocycles. The highest BCUT2D eigenvalue weighted by atomic mass is 32.2. The number of rotatable bonds is 4. The summed E-state index contributed by atoms with van der Waals surface area (Å²) in [6, 6.07) is 11.6. The molecule has 114 valence electrons. The summed E-state index contributed by atoms with van der Waals surface area (Å²) in [4.78, 5) is 13.1. The average Bonchev–Trinajstić information content (AvgIpc) is 2.96. The van der Waals surface area contributed by atoms with Crippen molar-refractivity contribution >= 4 is 23.4 Å². The number of carbonyl (C=O) groups is 1. The largest absolute Gasteiger partial charge is 0.454 e. The van der Waals surface area contributed by atoms with Crippen LogP contribution in [0.3, 0.4) is 0 Å². The molecule has 0 atom stereocenters. The Morgan fingerprint density at radius 3 is 2.73 bits per heavy atom. The van der Waals surface area contributed by atoms with Crippen molar-refractivity contribution in [3.8, 4) is 11.5 Å². The van der Waals surface area contributed by atoms with Crippen LogP contribution in [-0.4, -0.2) is 18.5 Å². The van der Waals surface area contributed by atoms with Gasteiger partial charge in [0.25, 0.3) is 0 Å². The minimum atomic E-state index is -0.0397. The SMILES string of the molecule is Cc1ccc(SCC(=O)Nc2ccc3c(c2)OCO3)cc1C. The molecule has 1 aliphatic heterocycles. The lowest BCUT2D eigenvalue weighted by atomic mass is 10.1. The van der Waals surface area contributed by atoms with Gasteiger partial charge in [0.2, 0.25) is 12.7 Å². The van der Waals surface area contributed by atoms with Crippen LogP contribution in [0.25, 0.3) is 0 Å². The average molecular weight is 315 g/mol. The van der Waals surface area contributed by atoms with E-state index in [4.69, 9.17) is 9.47 Å². The highest BCUT2D eigenvalue weighted by Gasteiger charge is 2.14. The Hall–Kier alpha value is -2.14. The maximum absolute atomic E-state index is 12.0. The minimum absolute atomic E-state index is 0.0397. The lowest BCUT2D eigenvalue weighted by molar-refractivity contribution is -0.113. The smallest absolute Gasteiger partial charge is 0.234 e. The van der Waals surface area contributed by atoms with E-state index >= 15 is 0 Å². The summed E-state index contributed by atoms with van der Waals surface area (Å²) in [6.07, 6.45) is 0. The van der Waals surface area contributed by atoms with Crippen LogP contribution >= 0.6 is 11.8 Å². The fourth-order valence-corrected chi connectivity index (χ4v) is 2.92. The van der Waals surface area contributed by atoms with Gasteiger partial charge in [0.15, 0.2) is 11.5 Å². The van der Waals surface area contributed by atoms with Gasteiger partial charge in [0, 0.05) is 16.6 Å². The van der Waals surface area contributed by atoms with Crippen molar-refractivity contribution in [2.45, 2.75) is 18.7 Å². The number of amides is 1. The fraction of sp³-hybridized carbons (Fsp3) is 0.235. The van der Waals surface area contributed by atoms with Crippen LogP contribution in [0.15, 0.2) is 41.3 Å². The van der Waals surface area contributed by atoms with Gasteiger partial charge in [-0.15, -0.1) is 11.8 Å². The zero-order valence-electron chi connectivity index (χ0n) is 12.5. The van der Waals surface area contributed by atoms with E-state index in [1.807, 2.05) is 12.1 Å². The van der Waals surface area contributed by atoms with Gasteiger partial charge in [0.05, 0.1) is 5.75 Å². The van der Waals surface area contributed by atoms with Crippen molar-refractivity contribution in [2.24, 2.45) is 0 Å². The Balaban J connectivity index is 1.57. The number of hydrogen-bond acceptors (Lipinski definition) is 4. The van der Waals surface area contributed by atoms with E-state index in [1.54, 1.807) is 12.1 Å². The van der Waals surface area contributed by atoms with Crippen molar-refractivity contribution in [3.05, 3.63) is 47.5 Å². The predicted octanol–water partition coefficient (Wildman–Crippen LogP) is 3.76. The summed E-state index contributed by atoms with van der Waals surface area (Å²) in [6.45, 7) is 4.39. The highest BCUT2D eigenvalue weighted by molar-refractivity contribution is 8.00. The molecule has 0 saturated heterocycles. The van der Waals surface area contributed by atoms with Crippen LogP contribution in [0.4, 0.5) is 5.69 Å². The molecule has 2 aromatic rings. The molecule has 0 fully saturated rings. The van der Waals surface area contributed by atoms with Crippen LogP contribution in [0.1, 0.15) is 11.1 Å². The number of thioether (sulfide) groups is 1. The molecule has 22 heavy (non-hydrogen) atoms. The molecule has 1 aliphatic rings. The summed E-state index contributed by atoms with van der Waals surface area (Å²) in [5.41, 5.74) is 3.21. The van der Waals surface area contributed by atoms with E-state index in [0.29, 0.717) is 17.3 Å². The van der Waals surface area contributed by atoms with Crippen LogP contribution in [0.5, 0.6) is 11.5 Å². The van der Waals surface area contributed by atoms with Gasteiger partial charge in [-0.3, -0.25) is 4.79 Å². The molecule has 0 aromatic heterocycles. The highest BCUT2D eigenvalue weighted by Crippen LogP contribution is 2.34. The molecule has 0 aliphatic carbocycles. The number of fused-ring (bicyclic) bond motifs is 1. The van der Waals surface area contributed by atoms with Gasteiger partial charge in [-0.1, -0.05) is 6.07 Å². The molecule has 0 radical (unpaired) electrons. The molecule has 4 nitrogen and oxygen atoms in total. The molecule has 1 N–H and O–H groups in total. The Morgan fingerprint density at radius 1 is 1.09 bits per heavy atom. The third-order valence-electron chi connectivity index (χ3n) is 3.50. The Bertz CT molecular complexity index is 715. The molecule has 0 saturated carbocycles. The molecule has 2 aromatic carbocycles. The Morgan fingerprint density at radius 2 is 1.91 bits per heavy atom. The molecule has 1 amide bonds. The summed E-state index contributed by atoms with van der Waals surface area (Å²) < 4.78 is 10.5. The van der Waals surface area contributed by atoms with Crippen molar-refractivity contribution in [3.63, 3.8) is 0 Å². The van der Waals surface area contributed by atoms with Crippen LogP contribution in [0.2, 0.25) is 0 Å². The first kappa shape index (κ1) is 14.8. The second kappa shape index (κ2) is 6.32. The zero-order chi connectivity index (χ0) is 15.5. The van der Waals surface area contributed by atoms with Gasteiger partial charge in [-0.25, -0.2) is 0 Å². The summed E-state index contributed by atoms with van der Waals surface area (Å²) in [5.74, 6) is 1.71. The lowest BCUT2D eigenvalue weighted by Gasteiger charge is -2.07. The van der Waals surface area contributed by atoms with Gasteiger partial charge in [-0.05, 0) is 49.2 Å². The molecule has 5 heteroatoms. The predicted molar refractivity (Wildman–Crippen MR) is 87.8 cm³/mol. The maximum Gasteiger partial charge on any atom is 0.234 e. The van der Waals surface area contributed by atoms with Crippen LogP contribution < -0.4 is 14.8 Å². The molecular weight excluding hydrogens is 298 g/mol. The number of carbonyl (C=O) groups excluding carboxylic acids is 1. The van der Waals surface area contributed by atoms with Crippen molar-refractivity contribution < 1.29 is 14.3 Å². The number of hydrogen-bond donors (Lipinski definition) is 1. The molecular formula is C17H17NO3S. The van der Waals surface area contributed by atoms with Gasteiger partial charge in [0.1, 0.15) is 0 Å². The van der Waals surface area contributed by atoms with Crippen molar-refractivity contribution in [1.29, 1.82) is 0 Å². The summed E-state index contributed by atoms with van der Waals surface area (Å²) >= 11 is 1.53. The number of benzene rings is 2. The van der Waals surface area contributed by atoms with Gasteiger partial charge in [-0.2, -0.15) is 0 Å². The van der Waals surface area contributed by atoms with E-state index in [1.165, 1.54) is 22.9 Å². The third kappa shape index (κ3) is 3.36. The van der Waals surface area contributed by atoms with E-state index in [2.05, 4.69) is 31.3 Å². The zero-order valence-corrected chi connectivity index (χ0v) is 13.3. The number of ether oxygens (including phenoxy) is 2. The standard InChI is InChI=1S/C17H17NO3S/c1-11-3-5-14(7-12(11)2)22-9-17(19)18-13-4-6-15-16(8-13)21-10-20-15/h3-8H,9-10H2,1-2H3,(H,18,19).